The Hall–Kier alpha value is -0.730. The van der Waals surface area contributed by atoms with Crippen molar-refractivity contribution in [2.45, 2.75) is 65.5 Å². The highest BCUT2D eigenvalue weighted by Gasteiger charge is 2.42. The normalized spacial score (nSPS) is 30.7. The highest BCUT2D eigenvalue weighted by Crippen LogP contribution is 2.41. The van der Waals surface area contributed by atoms with Gasteiger partial charge < -0.3 is 9.80 Å². The van der Waals surface area contributed by atoms with E-state index >= 15 is 0 Å². The molecule has 0 aromatic carbocycles. The van der Waals surface area contributed by atoms with Crippen LogP contribution in [0.15, 0.2) is 0 Å². The van der Waals surface area contributed by atoms with Crippen LogP contribution in [0, 0.1) is 17.8 Å². The van der Waals surface area contributed by atoms with Crippen LogP contribution in [0.4, 0.5) is 4.79 Å². The minimum Gasteiger partial charge on any atom is -0.327 e. The molecule has 19 heavy (non-hydrogen) atoms. The molecule has 3 nitrogen and oxygen atoms in total. The predicted octanol–water partition coefficient (Wildman–Crippen LogP) is 3.59. The summed E-state index contributed by atoms with van der Waals surface area (Å²) in [5.41, 5.74) is -0.0910. The van der Waals surface area contributed by atoms with Crippen LogP contribution in [0.2, 0.25) is 0 Å². The van der Waals surface area contributed by atoms with E-state index in [1.807, 2.05) is 11.9 Å². The van der Waals surface area contributed by atoms with E-state index in [1.54, 1.807) is 0 Å². The fourth-order valence-corrected chi connectivity index (χ4v) is 3.66. The van der Waals surface area contributed by atoms with Crippen molar-refractivity contribution in [3.63, 3.8) is 0 Å². The monoisotopic (exact) mass is 266 g/mol. The topological polar surface area (TPSA) is 23.6 Å². The molecule has 1 saturated heterocycles. The van der Waals surface area contributed by atoms with Gasteiger partial charge in [0, 0.05) is 25.2 Å². The van der Waals surface area contributed by atoms with Gasteiger partial charge in [-0.25, -0.2) is 4.79 Å². The molecule has 3 heteroatoms. The number of carbonyl (C=O) groups excluding carboxylic acids is 1. The van der Waals surface area contributed by atoms with Gasteiger partial charge >= 0.3 is 6.03 Å². The molecule has 1 heterocycles. The average Bonchev–Trinajstić information content (AvgIpc) is 3.07. The Bertz CT molecular complexity index is 343. The van der Waals surface area contributed by atoms with Gasteiger partial charge in [0.05, 0.1) is 0 Å². The Labute approximate surface area is 118 Å². The van der Waals surface area contributed by atoms with E-state index < -0.39 is 0 Å². The summed E-state index contributed by atoms with van der Waals surface area (Å²) in [5.74, 6) is 2.38. The number of rotatable bonds is 3. The second kappa shape index (κ2) is 4.99. The molecule has 1 aliphatic heterocycles. The summed E-state index contributed by atoms with van der Waals surface area (Å²) in [7, 11) is 1.95. The number of hydrogen-bond donors (Lipinski definition) is 0. The van der Waals surface area contributed by atoms with Crippen molar-refractivity contribution in [1.29, 1.82) is 0 Å². The lowest BCUT2D eigenvalue weighted by atomic mass is 9.84. The second-order valence-electron chi connectivity index (χ2n) is 7.76. The van der Waals surface area contributed by atoms with Gasteiger partial charge in [-0.2, -0.15) is 0 Å². The van der Waals surface area contributed by atoms with Crippen LogP contribution >= 0.6 is 0 Å². The fraction of sp³-hybridized carbons (Fsp3) is 0.938. The van der Waals surface area contributed by atoms with Crippen molar-refractivity contribution >= 4 is 6.03 Å². The van der Waals surface area contributed by atoms with E-state index in [-0.39, 0.29) is 11.6 Å². The van der Waals surface area contributed by atoms with Gasteiger partial charge in [-0.15, -0.1) is 0 Å². The largest absolute Gasteiger partial charge is 0.327 e. The molecule has 0 bridgehead atoms. The molecule has 0 spiro atoms. The van der Waals surface area contributed by atoms with Crippen molar-refractivity contribution in [2.24, 2.45) is 17.8 Å². The van der Waals surface area contributed by atoms with Crippen LogP contribution in [-0.2, 0) is 0 Å². The molecule has 2 unspecified atom stereocenters. The Morgan fingerprint density at radius 1 is 1.32 bits per heavy atom. The number of nitrogens with zero attached hydrogens (tertiary/aromatic N) is 2. The molecule has 2 rings (SSSR count). The maximum Gasteiger partial charge on any atom is 0.320 e. The number of hydrogen-bond acceptors (Lipinski definition) is 1. The zero-order chi connectivity index (χ0) is 14.4. The lowest BCUT2D eigenvalue weighted by Gasteiger charge is -2.50. The van der Waals surface area contributed by atoms with Crippen LogP contribution in [0.3, 0.4) is 0 Å². The quantitative estimate of drug-likeness (QED) is 0.765. The highest BCUT2D eigenvalue weighted by molar-refractivity contribution is 5.76. The van der Waals surface area contributed by atoms with Crippen LogP contribution in [-0.4, -0.2) is 41.0 Å². The summed E-state index contributed by atoms with van der Waals surface area (Å²) in [4.78, 5) is 16.4. The number of amides is 2. The molecule has 2 aliphatic rings. The van der Waals surface area contributed by atoms with E-state index in [1.165, 1.54) is 19.3 Å². The molecule has 0 aromatic rings. The average molecular weight is 266 g/mol. The molecule has 0 N–H and O–H groups in total. The third-order valence-electron chi connectivity index (χ3n) is 4.95. The first-order valence-electron chi connectivity index (χ1n) is 7.76. The van der Waals surface area contributed by atoms with Crippen molar-refractivity contribution in [3.8, 4) is 0 Å². The lowest BCUT2D eigenvalue weighted by Crippen LogP contribution is -2.62. The Morgan fingerprint density at radius 3 is 2.37 bits per heavy atom. The summed E-state index contributed by atoms with van der Waals surface area (Å²) in [6.45, 7) is 12.0. The Balaban J connectivity index is 2.09. The Morgan fingerprint density at radius 2 is 1.89 bits per heavy atom. The van der Waals surface area contributed by atoms with Crippen LogP contribution in [0.25, 0.3) is 0 Å². The molecule has 1 saturated carbocycles. The molecule has 3 atom stereocenters. The summed E-state index contributed by atoms with van der Waals surface area (Å²) in [6.07, 6.45) is 4.09. The summed E-state index contributed by atoms with van der Waals surface area (Å²) >= 11 is 0. The van der Waals surface area contributed by atoms with E-state index in [0.717, 1.165) is 18.4 Å². The van der Waals surface area contributed by atoms with Gasteiger partial charge in [-0.1, -0.05) is 6.92 Å². The second-order valence-corrected chi connectivity index (χ2v) is 7.76. The molecule has 110 valence electrons. The van der Waals surface area contributed by atoms with E-state index in [4.69, 9.17) is 0 Å². The van der Waals surface area contributed by atoms with Gasteiger partial charge in [0.25, 0.3) is 0 Å². The summed E-state index contributed by atoms with van der Waals surface area (Å²) in [5, 5.41) is 0. The minimum absolute atomic E-state index is 0.0910. The van der Waals surface area contributed by atoms with Gasteiger partial charge in [0.2, 0.25) is 0 Å². The van der Waals surface area contributed by atoms with E-state index in [0.29, 0.717) is 12.0 Å². The number of urea groups is 1. The summed E-state index contributed by atoms with van der Waals surface area (Å²) in [6, 6.07) is 0.542. The van der Waals surface area contributed by atoms with Gasteiger partial charge in [-0.3, -0.25) is 0 Å². The predicted molar refractivity (Wildman–Crippen MR) is 79.1 cm³/mol. The van der Waals surface area contributed by atoms with Crippen molar-refractivity contribution in [2.75, 3.05) is 13.6 Å². The first kappa shape index (κ1) is 14.7. The fourth-order valence-electron chi connectivity index (χ4n) is 3.66. The molecule has 1 aliphatic carbocycles. The van der Waals surface area contributed by atoms with E-state index in [9.17, 15) is 4.79 Å². The molecule has 2 fully saturated rings. The molecular weight excluding hydrogens is 236 g/mol. The molecular formula is C16H30N2O. The van der Waals surface area contributed by atoms with Gasteiger partial charge in [0.15, 0.2) is 0 Å². The zero-order valence-corrected chi connectivity index (χ0v) is 13.4. The highest BCUT2D eigenvalue weighted by atomic mass is 16.2. The van der Waals surface area contributed by atoms with Crippen LogP contribution < -0.4 is 0 Å². The van der Waals surface area contributed by atoms with Crippen molar-refractivity contribution in [1.82, 2.24) is 9.80 Å². The maximum atomic E-state index is 12.4. The van der Waals surface area contributed by atoms with Gasteiger partial charge in [0.1, 0.15) is 0 Å². The first-order valence-corrected chi connectivity index (χ1v) is 7.76. The minimum atomic E-state index is -0.0910. The van der Waals surface area contributed by atoms with Crippen molar-refractivity contribution in [3.05, 3.63) is 0 Å². The molecule has 0 aromatic heterocycles. The maximum absolute atomic E-state index is 12.4. The van der Waals surface area contributed by atoms with Crippen LogP contribution in [0.1, 0.15) is 53.9 Å². The SMILES string of the molecule is CC(CC1CN(C)C(=O)N(C(C)(C)C)[C@H]1C)C1CC1. The third-order valence-corrected chi connectivity index (χ3v) is 4.95. The van der Waals surface area contributed by atoms with Crippen LogP contribution in [0.5, 0.6) is 0 Å². The van der Waals surface area contributed by atoms with E-state index in [2.05, 4.69) is 39.5 Å². The standard InChI is InChI=1S/C16H30N2O/c1-11(13-7-8-13)9-14-10-17(6)15(19)18(12(14)2)16(3,4)5/h11-14H,7-10H2,1-6H3/t11?,12-,14?/m0/s1. The molecule has 0 radical (unpaired) electrons. The van der Waals surface area contributed by atoms with Gasteiger partial charge in [-0.05, 0) is 64.7 Å². The molecule has 2 amide bonds. The lowest BCUT2D eigenvalue weighted by molar-refractivity contribution is 0.0225. The first-order chi connectivity index (χ1) is 8.71. The third kappa shape index (κ3) is 3.06. The summed E-state index contributed by atoms with van der Waals surface area (Å²) < 4.78 is 0. The zero-order valence-electron chi connectivity index (χ0n) is 13.4. The Kier molecular flexibility index (Phi) is 3.85. The van der Waals surface area contributed by atoms with Crippen molar-refractivity contribution < 1.29 is 4.79 Å². The smallest absolute Gasteiger partial charge is 0.320 e. The number of carbonyl (C=O) groups is 1.